The molecule has 8 heteroatoms. The maximum absolute atomic E-state index is 11.7. The summed E-state index contributed by atoms with van der Waals surface area (Å²) in [6.07, 6.45) is -0.502. The van der Waals surface area contributed by atoms with Crippen molar-refractivity contribution in [1.29, 1.82) is 0 Å². The highest BCUT2D eigenvalue weighted by Gasteiger charge is 2.23. The molecule has 0 aliphatic heterocycles. The number of carboxylic acid groups (broad SMARTS) is 2. The number of methoxy groups -OCH3 is 1. The number of ether oxygens (including phenoxy) is 1. The summed E-state index contributed by atoms with van der Waals surface area (Å²) in [6.45, 7) is 4.09. The van der Waals surface area contributed by atoms with Crippen molar-refractivity contribution in [2.75, 3.05) is 13.7 Å². The summed E-state index contributed by atoms with van der Waals surface area (Å²) in [7, 11) is 1.50. The van der Waals surface area contributed by atoms with Gasteiger partial charge in [-0.3, -0.25) is 4.79 Å². The van der Waals surface area contributed by atoms with Gasteiger partial charge in [-0.15, -0.1) is 0 Å². The maximum atomic E-state index is 11.7. The lowest BCUT2D eigenvalue weighted by atomic mass is 10.1. The quantitative estimate of drug-likeness (QED) is 0.483. The van der Waals surface area contributed by atoms with E-state index in [4.69, 9.17) is 14.9 Å². The van der Waals surface area contributed by atoms with E-state index in [9.17, 15) is 14.4 Å². The molecular formula is C12H22N2O6. The molecule has 0 aromatic rings. The second-order valence-electron chi connectivity index (χ2n) is 4.75. The van der Waals surface area contributed by atoms with Crippen LogP contribution >= 0.6 is 0 Å². The largest absolute Gasteiger partial charge is 0.481 e. The molecule has 0 aliphatic rings. The Hall–Kier alpha value is -1.83. The SMILES string of the molecule is COCC(NC(=O)N[C@@H](CCC(=O)O)C(=O)O)C(C)C. The Bertz CT molecular complexity index is 345. The predicted molar refractivity (Wildman–Crippen MR) is 70.5 cm³/mol. The molecule has 0 fully saturated rings. The Morgan fingerprint density at radius 3 is 2.15 bits per heavy atom. The van der Waals surface area contributed by atoms with Crippen LogP contribution in [0.1, 0.15) is 26.7 Å². The van der Waals surface area contributed by atoms with Gasteiger partial charge < -0.3 is 25.6 Å². The van der Waals surface area contributed by atoms with Crippen molar-refractivity contribution in [3.8, 4) is 0 Å². The fourth-order valence-corrected chi connectivity index (χ4v) is 1.47. The fraction of sp³-hybridized carbons (Fsp3) is 0.750. The maximum Gasteiger partial charge on any atom is 0.326 e. The van der Waals surface area contributed by atoms with Crippen molar-refractivity contribution in [1.82, 2.24) is 10.6 Å². The third-order valence-electron chi connectivity index (χ3n) is 2.72. The van der Waals surface area contributed by atoms with E-state index in [2.05, 4.69) is 10.6 Å². The van der Waals surface area contributed by atoms with Crippen LogP contribution in [0.4, 0.5) is 4.79 Å². The Morgan fingerprint density at radius 1 is 1.15 bits per heavy atom. The number of hydrogen-bond donors (Lipinski definition) is 4. The number of rotatable bonds is 9. The standard InChI is InChI=1S/C12H22N2O6/c1-7(2)9(6-20-3)14-12(19)13-8(11(17)18)4-5-10(15)16/h7-9H,4-6H2,1-3H3,(H,15,16)(H,17,18)(H2,13,14,19)/t8-,9?/m0/s1. The minimum atomic E-state index is -1.27. The molecule has 0 bridgehead atoms. The molecular weight excluding hydrogens is 268 g/mol. The summed E-state index contributed by atoms with van der Waals surface area (Å²) in [4.78, 5) is 33.1. The van der Waals surface area contributed by atoms with Gasteiger partial charge in [-0.1, -0.05) is 13.8 Å². The topological polar surface area (TPSA) is 125 Å². The molecule has 20 heavy (non-hydrogen) atoms. The number of carboxylic acids is 2. The van der Waals surface area contributed by atoms with Crippen LogP contribution in [0.2, 0.25) is 0 Å². The van der Waals surface area contributed by atoms with Gasteiger partial charge in [0.25, 0.3) is 0 Å². The van der Waals surface area contributed by atoms with Crippen LogP contribution in [0, 0.1) is 5.92 Å². The molecule has 0 radical (unpaired) electrons. The number of urea groups is 1. The van der Waals surface area contributed by atoms with Crippen LogP contribution in [-0.2, 0) is 14.3 Å². The normalized spacial score (nSPS) is 13.6. The van der Waals surface area contributed by atoms with E-state index in [1.165, 1.54) is 7.11 Å². The molecule has 8 nitrogen and oxygen atoms in total. The summed E-state index contributed by atoms with van der Waals surface area (Å²) in [5.74, 6) is -2.27. The van der Waals surface area contributed by atoms with Gasteiger partial charge in [0, 0.05) is 13.5 Å². The molecule has 0 saturated heterocycles. The van der Waals surface area contributed by atoms with Crippen LogP contribution in [0.5, 0.6) is 0 Å². The minimum Gasteiger partial charge on any atom is -0.481 e. The van der Waals surface area contributed by atoms with Gasteiger partial charge in [-0.2, -0.15) is 0 Å². The first-order valence-corrected chi connectivity index (χ1v) is 6.28. The smallest absolute Gasteiger partial charge is 0.326 e. The van der Waals surface area contributed by atoms with E-state index in [0.717, 1.165) is 0 Å². The molecule has 0 rings (SSSR count). The highest BCUT2D eigenvalue weighted by molar-refractivity contribution is 5.83. The van der Waals surface area contributed by atoms with Crippen molar-refractivity contribution < 1.29 is 29.3 Å². The molecule has 2 amide bonds. The highest BCUT2D eigenvalue weighted by Crippen LogP contribution is 2.03. The minimum absolute atomic E-state index is 0.114. The summed E-state index contributed by atoms with van der Waals surface area (Å²) in [5, 5.41) is 22.3. The molecule has 4 N–H and O–H groups in total. The zero-order chi connectivity index (χ0) is 15.7. The molecule has 0 spiro atoms. The molecule has 2 atom stereocenters. The van der Waals surface area contributed by atoms with Crippen molar-refractivity contribution in [3.63, 3.8) is 0 Å². The third kappa shape index (κ3) is 7.57. The number of carbonyl (C=O) groups excluding carboxylic acids is 1. The first kappa shape index (κ1) is 18.2. The van der Waals surface area contributed by atoms with Gasteiger partial charge in [0.05, 0.1) is 12.6 Å². The summed E-state index contributed by atoms with van der Waals surface area (Å²) in [6, 6.07) is -2.14. The van der Waals surface area contributed by atoms with Gasteiger partial charge in [-0.25, -0.2) is 9.59 Å². The van der Waals surface area contributed by atoms with Gasteiger partial charge in [0.2, 0.25) is 0 Å². The fourth-order valence-electron chi connectivity index (χ4n) is 1.47. The number of aliphatic carboxylic acids is 2. The van der Waals surface area contributed by atoms with Gasteiger partial charge in [0.1, 0.15) is 6.04 Å². The number of amides is 2. The molecule has 116 valence electrons. The van der Waals surface area contributed by atoms with E-state index in [-0.39, 0.29) is 24.8 Å². The lowest BCUT2D eigenvalue weighted by Gasteiger charge is -2.23. The second-order valence-corrected chi connectivity index (χ2v) is 4.75. The molecule has 0 heterocycles. The van der Waals surface area contributed by atoms with Crippen molar-refractivity contribution >= 4 is 18.0 Å². The Balaban J connectivity index is 4.44. The zero-order valence-corrected chi connectivity index (χ0v) is 11.9. The van der Waals surface area contributed by atoms with Crippen molar-refractivity contribution in [2.45, 2.75) is 38.8 Å². The molecule has 0 aromatic heterocycles. The van der Waals surface area contributed by atoms with E-state index in [1.54, 1.807) is 0 Å². The number of carbonyl (C=O) groups is 3. The van der Waals surface area contributed by atoms with E-state index in [1.807, 2.05) is 13.8 Å². The average molecular weight is 290 g/mol. The zero-order valence-electron chi connectivity index (χ0n) is 11.9. The van der Waals surface area contributed by atoms with Crippen LogP contribution in [0.15, 0.2) is 0 Å². The molecule has 0 aliphatic carbocycles. The van der Waals surface area contributed by atoms with Crippen molar-refractivity contribution in [3.05, 3.63) is 0 Å². The highest BCUT2D eigenvalue weighted by atomic mass is 16.5. The van der Waals surface area contributed by atoms with Crippen LogP contribution in [0.3, 0.4) is 0 Å². The number of hydrogen-bond acceptors (Lipinski definition) is 4. The predicted octanol–water partition coefficient (Wildman–Crippen LogP) is 0.275. The van der Waals surface area contributed by atoms with Crippen molar-refractivity contribution in [2.24, 2.45) is 5.92 Å². The third-order valence-corrected chi connectivity index (χ3v) is 2.72. The van der Waals surface area contributed by atoms with Crippen LogP contribution < -0.4 is 10.6 Å². The van der Waals surface area contributed by atoms with Gasteiger partial charge in [-0.05, 0) is 12.3 Å². The van der Waals surface area contributed by atoms with Crippen LogP contribution in [-0.4, -0.2) is 54.0 Å². The average Bonchev–Trinajstić information content (AvgIpc) is 2.33. The Kier molecular flexibility index (Phi) is 8.30. The Morgan fingerprint density at radius 2 is 1.75 bits per heavy atom. The second kappa shape index (κ2) is 9.13. The van der Waals surface area contributed by atoms with E-state index < -0.39 is 24.0 Å². The summed E-state index contributed by atoms with van der Waals surface area (Å²) >= 11 is 0. The molecule has 0 aromatic carbocycles. The lowest BCUT2D eigenvalue weighted by molar-refractivity contribution is -0.140. The number of nitrogens with one attached hydrogen (secondary N) is 2. The van der Waals surface area contributed by atoms with E-state index in [0.29, 0.717) is 6.61 Å². The summed E-state index contributed by atoms with van der Waals surface area (Å²) < 4.78 is 4.96. The molecule has 0 saturated carbocycles. The van der Waals surface area contributed by atoms with Gasteiger partial charge >= 0.3 is 18.0 Å². The Labute approximate surface area is 117 Å². The van der Waals surface area contributed by atoms with Gasteiger partial charge in [0.15, 0.2) is 0 Å². The monoisotopic (exact) mass is 290 g/mol. The van der Waals surface area contributed by atoms with Crippen LogP contribution in [0.25, 0.3) is 0 Å². The first-order chi connectivity index (χ1) is 9.27. The lowest BCUT2D eigenvalue weighted by Crippen LogP contribution is -2.51. The molecule has 1 unspecified atom stereocenters. The first-order valence-electron chi connectivity index (χ1n) is 6.28. The summed E-state index contributed by atoms with van der Waals surface area (Å²) in [5.41, 5.74) is 0. The van der Waals surface area contributed by atoms with E-state index >= 15 is 0 Å².